The van der Waals surface area contributed by atoms with Crippen molar-refractivity contribution in [3.8, 4) is 5.75 Å². The lowest BCUT2D eigenvalue weighted by Gasteiger charge is -2.26. The number of para-hydroxylation sites is 1. The molecular weight excluding hydrogens is 202 g/mol. The largest absolute Gasteiger partial charge is 0.491 e. The van der Waals surface area contributed by atoms with Crippen LogP contribution in [-0.4, -0.2) is 29.9 Å². The zero-order valence-corrected chi connectivity index (χ0v) is 9.29. The number of fused-ring (bicyclic) bond motifs is 1. The summed E-state index contributed by atoms with van der Waals surface area (Å²) in [6.45, 7) is 4.93. The second-order valence-electron chi connectivity index (χ2n) is 4.34. The number of aromatic amines is 1. The maximum absolute atomic E-state index is 5.81. The lowest BCUT2D eigenvalue weighted by Crippen LogP contribution is -2.45. The van der Waals surface area contributed by atoms with Crippen molar-refractivity contribution in [1.82, 2.24) is 15.5 Å². The van der Waals surface area contributed by atoms with Gasteiger partial charge in [-0.25, -0.2) is 0 Å². The molecule has 1 aromatic carbocycles. The van der Waals surface area contributed by atoms with Crippen molar-refractivity contribution in [1.29, 1.82) is 0 Å². The average molecular weight is 217 g/mol. The van der Waals surface area contributed by atoms with Gasteiger partial charge < -0.3 is 10.1 Å². The molecule has 0 unspecified atom stereocenters. The van der Waals surface area contributed by atoms with Crippen LogP contribution in [0.3, 0.4) is 0 Å². The molecule has 2 heterocycles. The van der Waals surface area contributed by atoms with E-state index in [0.29, 0.717) is 5.92 Å². The van der Waals surface area contributed by atoms with Crippen LogP contribution in [0.4, 0.5) is 0 Å². The monoisotopic (exact) mass is 217 g/mol. The average Bonchev–Trinajstić information content (AvgIpc) is 2.60. The van der Waals surface area contributed by atoms with E-state index in [1.54, 1.807) is 0 Å². The maximum atomic E-state index is 5.81. The van der Waals surface area contributed by atoms with Crippen LogP contribution in [0.15, 0.2) is 18.2 Å². The van der Waals surface area contributed by atoms with Crippen molar-refractivity contribution in [2.45, 2.75) is 6.92 Å². The van der Waals surface area contributed by atoms with Crippen LogP contribution < -0.4 is 10.1 Å². The Morgan fingerprint density at radius 3 is 3.06 bits per heavy atom. The minimum atomic E-state index is 0.648. The Morgan fingerprint density at radius 1 is 1.44 bits per heavy atom. The van der Waals surface area contributed by atoms with Gasteiger partial charge in [0, 0.05) is 30.1 Å². The Bertz CT molecular complexity index is 502. The molecule has 0 atom stereocenters. The van der Waals surface area contributed by atoms with Crippen molar-refractivity contribution in [3.05, 3.63) is 23.9 Å². The number of hydrogen-bond acceptors (Lipinski definition) is 3. The first kappa shape index (κ1) is 9.66. The van der Waals surface area contributed by atoms with Crippen molar-refractivity contribution >= 4 is 10.9 Å². The molecule has 3 rings (SSSR count). The molecule has 2 N–H and O–H groups in total. The Kier molecular flexibility index (Phi) is 2.29. The summed E-state index contributed by atoms with van der Waals surface area (Å²) in [4.78, 5) is 0. The summed E-state index contributed by atoms with van der Waals surface area (Å²) in [5.41, 5.74) is 2.03. The van der Waals surface area contributed by atoms with Crippen molar-refractivity contribution in [3.63, 3.8) is 0 Å². The lowest BCUT2D eigenvalue weighted by molar-refractivity contribution is 0.200. The number of ether oxygens (including phenoxy) is 1. The number of hydrogen-bond donors (Lipinski definition) is 2. The molecule has 0 amide bonds. The standard InChI is InChI=1S/C12H15N3O/c1-8-10-3-2-4-11(12(10)15-14-8)16-7-9-5-13-6-9/h2-4,9,13H,5-7H2,1H3,(H,14,15). The Hall–Kier alpha value is -1.55. The molecule has 2 aromatic rings. The molecule has 0 bridgehead atoms. The first-order valence-corrected chi connectivity index (χ1v) is 5.62. The van der Waals surface area contributed by atoms with Gasteiger partial charge in [0.1, 0.15) is 11.3 Å². The van der Waals surface area contributed by atoms with Gasteiger partial charge in [-0.3, -0.25) is 5.10 Å². The third-order valence-electron chi connectivity index (χ3n) is 3.08. The molecule has 0 saturated carbocycles. The van der Waals surface area contributed by atoms with E-state index in [1.807, 2.05) is 19.1 Å². The minimum Gasteiger partial charge on any atom is -0.491 e. The number of aromatic nitrogens is 2. The van der Waals surface area contributed by atoms with Crippen LogP contribution in [0.5, 0.6) is 5.75 Å². The van der Waals surface area contributed by atoms with Gasteiger partial charge in [0.25, 0.3) is 0 Å². The highest BCUT2D eigenvalue weighted by Crippen LogP contribution is 2.25. The predicted molar refractivity (Wildman–Crippen MR) is 62.7 cm³/mol. The van der Waals surface area contributed by atoms with Gasteiger partial charge in [-0.05, 0) is 13.0 Å². The molecule has 1 fully saturated rings. The van der Waals surface area contributed by atoms with Crippen LogP contribution in [0.25, 0.3) is 10.9 Å². The zero-order valence-electron chi connectivity index (χ0n) is 9.29. The summed E-state index contributed by atoms with van der Waals surface area (Å²) in [6, 6.07) is 6.06. The topological polar surface area (TPSA) is 49.9 Å². The number of aryl methyl sites for hydroxylation is 1. The van der Waals surface area contributed by atoms with Crippen LogP contribution in [0, 0.1) is 12.8 Å². The van der Waals surface area contributed by atoms with E-state index in [2.05, 4.69) is 21.6 Å². The number of nitrogens with one attached hydrogen (secondary N) is 2. The SMILES string of the molecule is Cc1[nH]nc2c(OCC3CNC3)cccc12. The molecule has 1 aromatic heterocycles. The highest BCUT2D eigenvalue weighted by Gasteiger charge is 2.18. The summed E-state index contributed by atoms with van der Waals surface area (Å²) < 4.78 is 5.81. The Morgan fingerprint density at radius 2 is 2.31 bits per heavy atom. The van der Waals surface area contributed by atoms with Gasteiger partial charge in [0.05, 0.1) is 6.61 Å². The number of H-pyrrole nitrogens is 1. The molecule has 0 spiro atoms. The van der Waals surface area contributed by atoms with Crippen LogP contribution >= 0.6 is 0 Å². The molecule has 84 valence electrons. The van der Waals surface area contributed by atoms with E-state index in [4.69, 9.17) is 4.74 Å². The number of nitrogens with zero attached hydrogens (tertiary/aromatic N) is 1. The summed E-state index contributed by atoms with van der Waals surface area (Å²) in [5.74, 6) is 1.53. The van der Waals surface area contributed by atoms with Gasteiger partial charge in [-0.15, -0.1) is 0 Å². The number of rotatable bonds is 3. The molecule has 4 heteroatoms. The number of benzene rings is 1. The maximum Gasteiger partial charge on any atom is 0.147 e. The molecule has 0 aliphatic carbocycles. The van der Waals surface area contributed by atoms with Crippen LogP contribution in [-0.2, 0) is 0 Å². The molecule has 1 aliphatic heterocycles. The van der Waals surface area contributed by atoms with E-state index in [1.165, 1.54) is 0 Å². The molecule has 0 radical (unpaired) electrons. The highest BCUT2D eigenvalue weighted by atomic mass is 16.5. The molecule has 1 aliphatic rings. The smallest absolute Gasteiger partial charge is 0.147 e. The van der Waals surface area contributed by atoms with Crippen molar-refractivity contribution in [2.75, 3.05) is 19.7 Å². The van der Waals surface area contributed by atoms with Gasteiger partial charge >= 0.3 is 0 Å². The fourth-order valence-electron chi connectivity index (χ4n) is 1.93. The Balaban J connectivity index is 1.84. The predicted octanol–water partition coefficient (Wildman–Crippen LogP) is 1.47. The van der Waals surface area contributed by atoms with Gasteiger partial charge in [-0.1, -0.05) is 12.1 Å². The first-order chi connectivity index (χ1) is 7.84. The molecule has 1 saturated heterocycles. The van der Waals surface area contributed by atoms with E-state index >= 15 is 0 Å². The lowest BCUT2D eigenvalue weighted by atomic mass is 10.1. The van der Waals surface area contributed by atoms with Crippen molar-refractivity contribution < 1.29 is 4.74 Å². The van der Waals surface area contributed by atoms with Gasteiger partial charge in [0.2, 0.25) is 0 Å². The third kappa shape index (κ3) is 1.55. The van der Waals surface area contributed by atoms with Crippen LogP contribution in [0.1, 0.15) is 5.69 Å². The first-order valence-electron chi connectivity index (χ1n) is 5.62. The third-order valence-corrected chi connectivity index (χ3v) is 3.08. The second kappa shape index (κ2) is 3.79. The quantitative estimate of drug-likeness (QED) is 0.818. The van der Waals surface area contributed by atoms with E-state index in [9.17, 15) is 0 Å². The van der Waals surface area contributed by atoms with E-state index < -0.39 is 0 Å². The van der Waals surface area contributed by atoms with E-state index in [-0.39, 0.29) is 0 Å². The van der Waals surface area contributed by atoms with Gasteiger partial charge in [-0.2, -0.15) is 5.10 Å². The summed E-state index contributed by atoms with van der Waals surface area (Å²) >= 11 is 0. The zero-order chi connectivity index (χ0) is 11.0. The van der Waals surface area contributed by atoms with Gasteiger partial charge in [0.15, 0.2) is 0 Å². The molecule has 4 nitrogen and oxygen atoms in total. The fraction of sp³-hybridized carbons (Fsp3) is 0.417. The molecular formula is C12H15N3O. The summed E-state index contributed by atoms with van der Waals surface area (Å²) in [5, 5.41) is 11.6. The minimum absolute atomic E-state index is 0.648. The summed E-state index contributed by atoms with van der Waals surface area (Å²) in [7, 11) is 0. The fourth-order valence-corrected chi connectivity index (χ4v) is 1.93. The van der Waals surface area contributed by atoms with Crippen LogP contribution in [0.2, 0.25) is 0 Å². The Labute approximate surface area is 94.0 Å². The normalized spacial score (nSPS) is 16.3. The van der Waals surface area contributed by atoms with E-state index in [0.717, 1.165) is 42.0 Å². The summed E-state index contributed by atoms with van der Waals surface area (Å²) in [6.07, 6.45) is 0. The molecule has 16 heavy (non-hydrogen) atoms. The highest BCUT2D eigenvalue weighted by molar-refractivity contribution is 5.86. The second-order valence-corrected chi connectivity index (χ2v) is 4.34. The van der Waals surface area contributed by atoms with Crippen molar-refractivity contribution in [2.24, 2.45) is 5.92 Å².